The second kappa shape index (κ2) is 5.70. The Hall–Kier alpha value is -0.410. The second-order valence-corrected chi connectivity index (χ2v) is 7.42. The fourth-order valence-electron chi connectivity index (χ4n) is 2.13. The van der Waals surface area contributed by atoms with E-state index in [4.69, 9.17) is 4.98 Å². The molecule has 1 N–H and O–H groups in total. The molecular formula is C15H26N2S. The Morgan fingerprint density at radius 1 is 1.44 bits per heavy atom. The van der Waals surface area contributed by atoms with Gasteiger partial charge in [-0.15, -0.1) is 11.3 Å². The molecule has 1 atom stereocenters. The molecule has 0 spiro atoms. The van der Waals surface area contributed by atoms with Crippen molar-refractivity contribution in [2.45, 2.75) is 71.4 Å². The van der Waals surface area contributed by atoms with Crippen molar-refractivity contribution in [3.63, 3.8) is 0 Å². The van der Waals surface area contributed by atoms with E-state index in [1.165, 1.54) is 36.4 Å². The Morgan fingerprint density at radius 3 is 2.67 bits per heavy atom. The van der Waals surface area contributed by atoms with Crippen LogP contribution in [0.2, 0.25) is 0 Å². The van der Waals surface area contributed by atoms with Gasteiger partial charge in [0.25, 0.3) is 0 Å². The minimum Gasteiger partial charge on any atom is -0.308 e. The van der Waals surface area contributed by atoms with Crippen LogP contribution in [0.1, 0.15) is 64.1 Å². The summed E-state index contributed by atoms with van der Waals surface area (Å²) in [5, 5.41) is 7.12. The number of aromatic nitrogens is 1. The Morgan fingerprint density at radius 2 is 2.17 bits per heavy atom. The summed E-state index contributed by atoms with van der Waals surface area (Å²) < 4.78 is 0. The smallest absolute Gasteiger partial charge is 0.0982 e. The van der Waals surface area contributed by atoms with Gasteiger partial charge in [-0.05, 0) is 18.8 Å². The number of nitrogens with one attached hydrogen (secondary N) is 1. The molecule has 1 fully saturated rings. The van der Waals surface area contributed by atoms with Gasteiger partial charge in [0.15, 0.2) is 0 Å². The molecule has 2 rings (SSSR count). The van der Waals surface area contributed by atoms with Crippen LogP contribution >= 0.6 is 11.3 Å². The van der Waals surface area contributed by atoms with Gasteiger partial charge < -0.3 is 5.32 Å². The standard InChI is InChI=1S/C15H26N2S/c1-5-12(8-11-6-7-11)16-9-13-10-18-14(17-13)15(2,3)4/h10-12,16H,5-9H2,1-4H3. The van der Waals surface area contributed by atoms with Gasteiger partial charge in [-0.25, -0.2) is 4.98 Å². The SMILES string of the molecule is CCC(CC1CC1)NCc1csc(C(C)(C)C)n1. The number of rotatable bonds is 6. The molecule has 0 aromatic carbocycles. The minimum absolute atomic E-state index is 0.182. The van der Waals surface area contributed by atoms with Crippen LogP contribution < -0.4 is 5.32 Å². The monoisotopic (exact) mass is 266 g/mol. The van der Waals surface area contributed by atoms with Gasteiger partial charge in [0, 0.05) is 23.4 Å². The van der Waals surface area contributed by atoms with Crippen LogP contribution in [0, 0.1) is 5.92 Å². The van der Waals surface area contributed by atoms with Gasteiger partial charge in [0.05, 0.1) is 10.7 Å². The highest BCUT2D eigenvalue weighted by Gasteiger charge is 2.24. The lowest BCUT2D eigenvalue weighted by Crippen LogP contribution is -2.28. The molecule has 1 aromatic heterocycles. The summed E-state index contributed by atoms with van der Waals surface area (Å²) in [6.07, 6.45) is 5.48. The van der Waals surface area contributed by atoms with Crippen molar-refractivity contribution in [1.29, 1.82) is 0 Å². The van der Waals surface area contributed by atoms with E-state index < -0.39 is 0 Å². The number of hydrogen-bond acceptors (Lipinski definition) is 3. The zero-order valence-corrected chi connectivity index (χ0v) is 12.9. The summed E-state index contributed by atoms with van der Waals surface area (Å²) in [5.41, 5.74) is 1.39. The lowest BCUT2D eigenvalue weighted by Gasteiger charge is -2.16. The maximum Gasteiger partial charge on any atom is 0.0982 e. The van der Waals surface area contributed by atoms with E-state index in [2.05, 4.69) is 38.4 Å². The van der Waals surface area contributed by atoms with Crippen molar-refractivity contribution >= 4 is 11.3 Å². The fraction of sp³-hybridized carbons (Fsp3) is 0.800. The Bertz CT molecular complexity index is 374. The third-order valence-corrected chi connectivity index (χ3v) is 4.89. The summed E-state index contributed by atoms with van der Waals surface area (Å²) in [5.74, 6) is 1.00. The molecule has 1 aromatic rings. The molecule has 1 saturated carbocycles. The van der Waals surface area contributed by atoms with Crippen molar-refractivity contribution < 1.29 is 0 Å². The zero-order chi connectivity index (χ0) is 13.2. The van der Waals surface area contributed by atoms with E-state index in [1.807, 2.05) is 0 Å². The van der Waals surface area contributed by atoms with Crippen LogP contribution in [-0.4, -0.2) is 11.0 Å². The van der Waals surface area contributed by atoms with E-state index >= 15 is 0 Å². The zero-order valence-electron chi connectivity index (χ0n) is 12.1. The maximum atomic E-state index is 4.74. The highest BCUT2D eigenvalue weighted by molar-refractivity contribution is 7.09. The average molecular weight is 266 g/mol. The lowest BCUT2D eigenvalue weighted by molar-refractivity contribution is 0.442. The first-order chi connectivity index (χ1) is 8.49. The van der Waals surface area contributed by atoms with E-state index in [-0.39, 0.29) is 5.41 Å². The van der Waals surface area contributed by atoms with Crippen molar-refractivity contribution in [2.75, 3.05) is 0 Å². The van der Waals surface area contributed by atoms with Crippen molar-refractivity contribution in [2.24, 2.45) is 5.92 Å². The van der Waals surface area contributed by atoms with Crippen LogP contribution in [0.25, 0.3) is 0 Å². The molecule has 102 valence electrons. The summed E-state index contributed by atoms with van der Waals surface area (Å²) in [7, 11) is 0. The molecule has 0 amide bonds. The largest absolute Gasteiger partial charge is 0.308 e. The van der Waals surface area contributed by atoms with Crippen LogP contribution in [0.3, 0.4) is 0 Å². The summed E-state index contributed by atoms with van der Waals surface area (Å²) >= 11 is 1.79. The molecule has 0 radical (unpaired) electrons. The number of hydrogen-bond donors (Lipinski definition) is 1. The molecule has 2 nitrogen and oxygen atoms in total. The lowest BCUT2D eigenvalue weighted by atomic mass is 9.98. The average Bonchev–Trinajstić information content (AvgIpc) is 2.97. The van der Waals surface area contributed by atoms with Crippen LogP contribution in [-0.2, 0) is 12.0 Å². The van der Waals surface area contributed by atoms with Gasteiger partial charge >= 0.3 is 0 Å². The molecule has 0 bridgehead atoms. The first-order valence-electron chi connectivity index (χ1n) is 7.17. The van der Waals surface area contributed by atoms with E-state index in [1.54, 1.807) is 11.3 Å². The van der Waals surface area contributed by atoms with Crippen LogP contribution in [0.15, 0.2) is 5.38 Å². The van der Waals surface area contributed by atoms with Crippen molar-refractivity contribution in [1.82, 2.24) is 10.3 Å². The Kier molecular flexibility index (Phi) is 4.44. The first-order valence-corrected chi connectivity index (χ1v) is 8.05. The second-order valence-electron chi connectivity index (χ2n) is 6.56. The molecule has 1 aliphatic carbocycles. The van der Waals surface area contributed by atoms with Crippen LogP contribution in [0.5, 0.6) is 0 Å². The van der Waals surface area contributed by atoms with Gasteiger partial charge in [-0.3, -0.25) is 0 Å². The third kappa shape index (κ3) is 4.06. The molecule has 0 aliphatic heterocycles. The topological polar surface area (TPSA) is 24.9 Å². The predicted octanol–water partition coefficient (Wildman–Crippen LogP) is 4.11. The van der Waals surface area contributed by atoms with Crippen molar-refractivity contribution in [3.05, 3.63) is 16.1 Å². The molecule has 1 aliphatic rings. The first kappa shape index (κ1) is 14.0. The predicted molar refractivity (Wildman–Crippen MR) is 79.1 cm³/mol. The summed E-state index contributed by atoms with van der Waals surface area (Å²) in [6.45, 7) is 9.89. The van der Waals surface area contributed by atoms with E-state index in [9.17, 15) is 0 Å². The quantitative estimate of drug-likeness (QED) is 0.838. The Labute approximate surface area is 115 Å². The molecule has 1 heterocycles. The summed E-state index contributed by atoms with van der Waals surface area (Å²) in [4.78, 5) is 4.74. The van der Waals surface area contributed by atoms with Gasteiger partial charge in [-0.1, -0.05) is 40.5 Å². The van der Waals surface area contributed by atoms with Crippen LogP contribution in [0.4, 0.5) is 0 Å². The number of nitrogens with zero attached hydrogens (tertiary/aromatic N) is 1. The minimum atomic E-state index is 0.182. The molecule has 1 unspecified atom stereocenters. The highest BCUT2D eigenvalue weighted by atomic mass is 32.1. The third-order valence-electron chi connectivity index (χ3n) is 3.57. The highest BCUT2D eigenvalue weighted by Crippen LogP contribution is 2.34. The molecule has 18 heavy (non-hydrogen) atoms. The normalized spacial score (nSPS) is 18.0. The number of thiazole rings is 1. The Balaban J connectivity index is 1.83. The molecular weight excluding hydrogens is 240 g/mol. The molecule has 3 heteroatoms. The van der Waals surface area contributed by atoms with Crippen molar-refractivity contribution in [3.8, 4) is 0 Å². The van der Waals surface area contributed by atoms with E-state index in [0.29, 0.717) is 6.04 Å². The van der Waals surface area contributed by atoms with E-state index in [0.717, 1.165) is 12.5 Å². The summed E-state index contributed by atoms with van der Waals surface area (Å²) in [6, 6.07) is 0.678. The van der Waals surface area contributed by atoms with Gasteiger partial charge in [-0.2, -0.15) is 0 Å². The fourth-order valence-corrected chi connectivity index (χ4v) is 3.04. The maximum absolute atomic E-state index is 4.74. The van der Waals surface area contributed by atoms with Gasteiger partial charge in [0.1, 0.15) is 0 Å². The van der Waals surface area contributed by atoms with Gasteiger partial charge in [0.2, 0.25) is 0 Å². The molecule has 0 saturated heterocycles.